The summed E-state index contributed by atoms with van der Waals surface area (Å²) < 4.78 is 76.3. The van der Waals surface area contributed by atoms with E-state index in [2.05, 4.69) is 4.74 Å². The summed E-state index contributed by atoms with van der Waals surface area (Å²) in [5, 5.41) is -0.327. The normalized spacial score (nSPS) is 14.8. The quantitative estimate of drug-likeness (QED) is 0.330. The van der Waals surface area contributed by atoms with E-state index in [9.17, 15) is 26.4 Å². The fourth-order valence-corrected chi connectivity index (χ4v) is 5.91. The van der Waals surface area contributed by atoms with Crippen LogP contribution in [0.1, 0.15) is 12.0 Å². The smallest absolute Gasteiger partial charge is 0.491 e. The number of hydrogen-bond donors (Lipinski definition) is 0. The molecule has 0 aliphatic carbocycles. The van der Waals surface area contributed by atoms with Gasteiger partial charge in [-0.1, -0.05) is 41.4 Å². The summed E-state index contributed by atoms with van der Waals surface area (Å²) in [6, 6.07) is 8.24. The molecule has 0 spiro atoms. The molecule has 3 aromatic rings. The van der Waals surface area contributed by atoms with Gasteiger partial charge in [0.05, 0.1) is 22.5 Å². The SMILES string of the molecule is COc1c(OC(=O)C(F)(F)F)cc2c(c(Cl)c(Cl)n2S(=O)(=O)c2ccccc2)c1CN1CCC1. The number of alkyl halides is 3. The minimum absolute atomic E-state index is 0.126. The van der Waals surface area contributed by atoms with Crippen molar-refractivity contribution in [2.75, 3.05) is 20.2 Å². The van der Waals surface area contributed by atoms with Crippen LogP contribution in [0.4, 0.5) is 13.2 Å². The average molecular weight is 537 g/mol. The highest BCUT2D eigenvalue weighted by Crippen LogP contribution is 2.46. The Labute approximate surface area is 202 Å². The molecule has 1 aliphatic heterocycles. The number of halogens is 5. The molecule has 7 nitrogen and oxygen atoms in total. The van der Waals surface area contributed by atoms with Gasteiger partial charge in [0.1, 0.15) is 5.15 Å². The standard InChI is InChI=1S/C21H17Cl2F3N2O5S/c1-32-18-13(11-27-8-5-9-27)16-14(10-15(18)33-20(29)21(24,25)26)28(19(23)17(16)22)34(30,31)12-6-3-2-4-7-12/h2-4,6-7,10H,5,8-9,11H2,1H3. The molecule has 2 aromatic carbocycles. The van der Waals surface area contributed by atoms with Crippen molar-refractivity contribution < 1.29 is 35.9 Å². The lowest BCUT2D eigenvalue weighted by molar-refractivity contribution is -0.189. The summed E-state index contributed by atoms with van der Waals surface area (Å²) in [4.78, 5) is 13.4. The number of ether oxygens (including phenoxy) is 2. The van der Waals surface area contributed by atoms with Gasteiger partial charge in [-0.05, 0) is 31.6 Å². The summed E-state index contributed by atoms with van der Waals surface area (Å²) in [5.74, 6) is -3.27. The van der Waals surface area contributed by atoms with Crippen LogP contribution in [-0.2, 0) is 21.4 Å². The lowest BCUT2D eigenvalue weighted by atomic mass is 10.1. The van der Waals surface area contributed by atoms with Gasteiger partial charge in [-0.2, -0.15) is 13.2 Å². The molecule has 0 atom stereocenters. The van der Waals surface area contributed by atoms with Crippen LogP contribution in [0.15, 0.2) is 41.3 Å². The van der Waals surface area contributed by atoms with Gasteiger partial charge in [0.2, 0.25) is 0 Å². The van der Waals surface area contributed by atoms with E-state index in [1.807, 2.05) is 4.90 Å². The Balaban J connectivity index is 2.03. The lowest BCUT2D eigenvalue weighted by Gasteiger charge is -2.31. The van der Waals surface area contributed by atoms with E-state index in [0.717, 1.165) is 12.5 Å². The number of rotatable bonds is 6. The van der Waals surface area contributed by atoms with Gasteiger partial charge in [0, 0.05) is 23.6 Å². The maximum absolute atomic E-state index is 13.4. The number of likely N-dealkylation sites (tertiary alicyclic amines) is 1. The van der Waals surface area contributed by atoms with Crippen LogP contribution in [-0.4, -0.2) is 49.6 Å². The summed E-state index contributed by atoms with van der Waals surface area (Å²) in [6.45, 7) is 1.56. The van der Waals surface area contributed by atoms with Crippen LogP contribution in [0.2, 0.25) is 10.2 Å². The van der Waals surface area contributed by atoms with Gasteiger partial charge in [-0.25, -0.2) is 17.2 Å². The van der Waals surface area contributed by atoms with E-state index in [1.54, 1.807) is 6.07 Å². The number of nitrogens with zero attached hydrogens (tertiary/aromatic N) is 2. The third-order valence-corrected chi connectivity index (χ3v) is 8.02. The molecular weight excluding hydrogens is 520 g/mol. The van der Waals surface area contributed by atoms with Crippen LogP contribution in [0.3, 0.4) is 0 Å². The van der Waals surface area contributed by atoms with Gasteiger partial charge >= 0.3 is 12.1 Å². The molecule has 13 heteroatoms. The summed E-state index contributed by atoms with van der Waals surface area (Å²) in [6.07, 6.45) is -4.38. The van der Waals surface area contributed by atoms with Crippen molar-refractivity contribution in [1.82, 2.24) is 8.87 Å². The Morgan fingerprint density at radius 3 is 2.32 bits per heavy atom. The second kappa shape index (κ2) is 8.95. The van der Waals surface area contributed by atoms with Crippen LogP contribution in [0.5, 0.6) is 11.5 Å². The molecule has 1 saturated heterocycles. The Morgan fingerprint density at radius 2 is 1.79 bits per heavy atom. The van der Waals surface area contributed by atoms with Crippen molar-refractivity contribution in [3.05, 3.63) is 52.1 Å². The predicted octanol–water partition coefficient (Wildman–Crippen LogP) is 4.87. The first-order chi connectivity index (χ1) is 16.0. The largest absolute Gasteiger partial charge is 0.492 e. The van der Waals surface area contributed by atoms with Crippen LogP contribution in [0.25, 0.3) is 10.9 Å². The number of aromatic nitrogens is 1. The van der Waals surface area contributed by atoms with Crippen LogP contribution >= 0.6 is 23.2 Å². The molecule has 1 aromatic heterocycles. The van der Waals surface area contributed by atoms with Gasteiger partial charge in [-0.3, -0.25) is 4.90 Å². The molecule has 0 amide bonds. The molecule has 4 rings (SSSR count). The first-order valence-electron chi connectivity index (χ1n) is 9.88. The molecule has 1 fully saturated rings. The number of carbonyl (C=O) groups excluding carboxylic acids is 1. The third kappa shape index (κ3) is 4.21. The topological polar surface area (TPSA) is 77.8 Å². The molecule has 0 N–H and O–H groups in total. The minimum Gasteiger partial charge on any atom is -0.492 e. The maximum atomic E-state index is 13.4. The van der Waals surface area contributed by atoms with E-state index < -0.39 is 27.9 Å². The van der Waals surface area contributed by atoms with Gasteiger partial charge in [0.25, 0.3) is 10.0 Å². The van der Waals surface area contributed by atoms with E-state index >= 15 is 0 Å². The monoisotopic (exact) mass is 536 g/mol. The van der Waals surface area contributed by atoms with Crippen LogP contribution < -0.4 is 9.47 Å². The second-order valence-electron chi connectivity index (χ2n) is 7.48. The highest BCUT2D eigenvalue weighted by atomic mass is 35.5. The van der Waals surface area contributed by atoms with E-state index in [1.165, 1.54) is 31.4 Å². The fraction of sp³-hybridized carbons (Fsp3) is 0.286. The maximum Gasteiger partial charge on any atom is 0.491 e. The highest BCUT2D eigenvalue weighted by molar-refractivity contribution is 7.90. The zero-order chi connectivity index (χ0) is 24.8. The first-order valence-corrected chi connectivity index (χ1v) is 12.1. The molecule has 0 bridgehead atoms. The van der Waals surface area contributed by atoms with Crippen LogP contribution in [0, 0.1) is 0 Å². The first kappa shape index (κ1) is 24.6. The average Bonchev–Trinajstić information content (AvgIpc) is 3.00. The number of benzene rings is 2. The van der Waals surface area contributed by atoms with E-state index in [4.69, 9.17) is 27.9 Å². The summed E-state index contributed by atoms with van der Waals surface area (Å²) in [5.41, 5.74) is 0.0961. The molecular formula is C21H17Cl2F3N2O5S. The number of methoxy groups -OCH3 is 1. The van der Waals surface area contributed by atoms with E-state index in [-0.39, 0.29) is 43.8 Å². The van der Waals surface area contributed by atoms with Crippen molar-refractivity contribution >= 4 is 50.1 Å². The van der Waals surface area contributed by atoms with Gasteiger partial charge in [-0.15, -0.1) is 0 Å². The zero-order valence-corrected chi connectivity index (χ0v) is 19.9. The number of fused-ring (bicyclic) bond motifs is 1. The van der Waals surface area contributed by atoms with Crippen molar-refractivity contribution in [2.45, 2.75) is 24.0 Å². The fourth-order valence-electron chi connectivity index (χ4n) is 3.69. The van der Waals surface area contributed by atoms with Crippen molar-refractivity contribution in [2.24, 2.45) is 0 Å². The molecule has 2 heterocycles. The number of carbonyl (C=O) groups is 1. The second-order valence-corrected chi connectivity index (χ2v) is 10.0. The summed E-state index contributed by atoms with van der Waals surface area (Å²) >= 11 is 12.8. The number of esters is 1. The Kier molecular flexibility index (Phi) is 6.49. The molecule has 0 saturated carbocycles. The van der Waals surface area contributed by atoms with Crippen molar-refractivity contribution in [3.63, 3.8) is 0 Å². The molecule has 0 unspecified atom stereocenters. The van der Waals surface area contributed by atoms with E-state index in [0.29, 0.717) is 17.1 Å². The molecule has 0 radical (unpaired) electrons. The van der Waals surface area contributed by atoms with Crippen molar-refractivity contribution in [3.8, 4) is 11.5 Å². The van der Waals surface area contributed by atoms with Gasteiger partial charge in [0.15, 0.2) is 11.5 Å². The Morgan fingerprint density at radius 1 is 1.15 bits per heavy atom. The highest BCUT2D eigenvalue weighted by Gasteiger charge is 2.42. The molecule has 182 valence electrons. The Hall–Kier alpha value is -2.47. The minimum atomic E-state index is -5.29. The zero-order valence-electron chi connectivity index (χ0n) is 17.5. The molecule has 1 aliphatic rings. The number of hydrogen-bond acceptors (Lipinski definition) is 6. The van der Waals surface area contributed by atoms with Gasteiger partial charge < -0.3 is 9.47 Å². The predicted molar refractivity (Wildman–Crippen MR) is 119 cm³/mol. The summed E-state index contributed by atoms with van der Waals surface area (Å²) in [7, 11) is -3.13. The Bertz CT molecular complexity index is 1370. The lowest BCUT2D eigenvalue weighted by Crippen LogP contribution is -2.36. The third-order valence-electron chi connectivity index (χ3n) is 5.37. The van der Waals surface area contributed by atoms with Crippen molar-refractivity contribution in [1.29, 1.82) is 0 Å². The molecule has 34 heavy (non-hydrogen) atoms.